The Morgan fingerprint density at radius 3 is 2.80 bits per heavy atom. The van der Waals surface area contributed by atoms with Gasteiger partial charge in [0.05, 0.1) is 17.9 Å². The number of anilines is 3. The molecule has 0 saturated carbocycles. The number of aliphatic hydroxyl groups is 1. The number of amides is 2. The van der Waals surface area contributed by atoms with Crippen molar-refractivity contribution < 1.29 is 19.1 Å². The lowest BCUT2D eigenvalue weighted by Gasteiger charge is -2.11. The second-order valence-corrected chi connectivity index (χ2v) is 9.38. The number of carbonyl (C=O) groups excluding carboxylic acids is 2. The molecule has 0 radical (unpaired) electrons. The Balaban J connectivity index is 1.72. The van der Waals surface area contributed by atoms with Crippen LogP contribution in [0, 0.1) is 17.7 Å². The number of aliphatic hydroxyl groups excluding tert-OH is 1. The summed E-state index contributed by atoms with van der Waals surface area (Å²) in [7, 11) is 3.80. The minimum absolute atomic E-state index is 0.0919. The average molecular weight is 554 g/mol. The van der Waals surface area contributed by atoms with E-state index in [1.54, 1.807) is 24.4 Å². The molecule has 0 aliphatic heterocycles. The highest BCUT2D eigenvalue weighted by atomic mass is 19.1. The molecule has 5 N–H and O–H groups in total. The lowest BCUT2D eigenvalue weighted by molar-refractivity contribution is -0.121. The number of carbonyl (C=O) groups is 2. The second kappa shape index (κ2) is 18.3. The van der Waals surface area contributed by atoms with E-state index in [0.29, 0.717) is 55.5 Å². The fourth-order valence-electron chi connectivity index (χ4n) is 3.31. The first-order valence-corrected chi connectivity index (χ1v) is 13.4. The van der Waals surface area contributed by atoms with Crippen molar-refractivity contribution in [2.45, 2.75) is 45.1 Å². The Morgan fingerprint density at radius 1 is 1.23 bits per heavy atom. The smallest absolute Gasteiger partial charge is 0.243 e. The molecule has 1 atom stereocenters. The summed E-state index contributed by atoms with van der Waals surface area (Å²) in [5.74, 6) is 6.31. The standard InChI is InChI=1S/C29H40FN7O3/c1-4-16-32-28-22(20-34-29(36-28)35-24-12-8-11-23(30)19-24)10-6-5-7-17-31-27(40)15-14-25(38)21-33-26(39)13-9-18-37(2)3/h8-9,11-13,19-20,25,38H,4-5,7,14-18,21H2,1-3H3,(H,31,40)(H,33,39)(H2,32,34,35,36)/b13-9+/t25-/m1/s1. The summed E-state index contributed by atoms with van der Waals surface area (Å²) >= 11 is 0. The van der Waals surface area contributed by atoms with Gasteiger partial charge in [-0.2, -0.15) is 4.98 Å². The zero-order valence-corrected chi connectivity index (χ0v) is 23.5. The van der Waals surface area contributed by atoms with Gasteiger partial charge >= 0.3 is 0 Å². The first kappa shape index (κ1) is 32.2. The summed E-state index contributed by atoms with van der Waals surface area (Å²) < 4.78 is 13.5. The first-order chi connectivity index (χ1) is 19.3. The third-order valence-electron chi connectivity index (χ3n) is 5.39. The van der Waals surface area contributed by atoms with Gasteiger partial charge in [-0.05, 0) is 51.6 Å². The Morgan fingerprint density at radius 2 is 2.05 bits per heavy atom. The molecule has 10 nitrogen and oxygen atoms in total. The quantitative estimate of drug-likeness (QED) is 0.122. The maximum atomic E-state index is 13.5. The van der Waals surface area contributed by atoms with Crippen LogP contribution in [0.15, 0.2) is 42.6 Å². The molecule has 0 fully saturated rings. The van der Waals surface area contributed by atoms with Crippen LogP contribution >= 0.6 is 0 Å². The molecule has 216 valence electrons. The predicted molar refractivity (Wildman–Crippen MR) is 156 cm³/mol. The van der Waals surface area contributed by atoms with Crippen LogP contribution in [-0.4, -0.2) is 78.2 Å². The van der Waals surface area contributed by atoms with Crippen molar-refractivity contribution in [2.75, 3.05) is 50.9 Å². The number of rotatable bonds is 16. The van der Waals surface area contributed by atoms with E-state index in [1.165, 1.54) is 18.2 Å². The van der Waals surface area contributed by atoms with Gasteiger partial charge in [-0.25, -0.2) is 9.37 Å². The van der Waals surface area contributed by atoms with Crippen LogP contribution in [0.5, 0.6) is 0 Å². The van der Waals surface area contributed by atoms with Gasteiger partial charge in [0.25, 0.3) is 0 Å². The normalized spacial score (nSPS) is 11.6. The van der Waals surface area contributed by atoms with Gasteiger partial charge in [-0.3, -0.25) is 9.59 Å². The Kier molecular flexibility index (Phi) is 14.7. The maximum absolute atomic E-state index is 13.5. The molecular formula is C29H40FN7O3. The lowest BCUT2D eigenvalue weighted by atomic mass is 10.2. The molecule has 0 unspecified atom stereocenters. The van der Waals surface area contributed by atoms with Crippen molar-refractivity contribution in [2.24, 2.45) is 0 Å². The van der Waals surface area contributed by atoms with Gasteiger partial charge in [0, 0.05) is 50.8 Å². The zero-order chi connectivity index (χ0) is 29.2. The third-order valence-corrected chi connectivity index (χ3v) is 5.39. The highest BCUT2D eigenvalue weighted by Crippen LogP contribution is 2.18. The lowest BCUT2D eigenvalue weighted by Crippen LogP contribution is -2.32. The van der Waals surface area contributed by atoms with Crippen molar-refractivity contribution in [3.05, 3.63) is 54.0 Å². The fraction of sp³-hybridized carbons (Fsp3) is 0.448. The number of nitrogens with zero attached hydrogens (tertiary/aromatic N) is 3. The molecule has 0 saturated heterocycles. The Labute approximate surface area is 235 Å². The topological polar surface area (TPSA) is 132 Å². The molecule has 2 amide bonds. The highest BCUT2D eigenvalue weighted by molar-refractivity contribution is 5.87. The average Bonchev–Trinajstić information content (AvgIpc) is 2.92. The van der Waals surface area contributed by atoms with Gasteiger partial charge < -0.3 is 31.3 Å². The van der Waals surface area contributed by atoms with Crippen molar-refractivity contribution in [1.29, 1.82) is 0 Å². The molecular weight excluding hydrogens is 513 g/mol. The summed E-state index contributed by atoms with van der Waals surface area (Å²) in [6, 6.07) is 6.07. The van der Waals surface area contributed by atoms with E-state index in [9.17, 15) is 19.1 Å². The molecule has 0 aliphatic rings. The number of nitrogens with one attached hydrogen (secondary N) is 4. The number of hydrogen-bond donors (Lipinski definition) is 5. The molecule has 11 heteroatoms. The Hall–Kier alpha value is -4.01. The molecule has 2 rings (SSSR count). The predicted octanol–water partition coefficient (Wildman–Crippen LogP) is 2.80. The minimum atomic E-state index is -0.795. The van der Waals surface area contributed by atoms with E-state index in [1.807, 2.05) is 25.9 Å². The summed E-state index contributed by atoms with van der Waals surface area (Å²) in [5.41, 5.74) is 1.20. The van der Waals surface area contributed by atoms with Gasteiger partial charge in [0.2, 0.25) is 17.8 Å². The number of hydrogen-bond acceptors (Lipinski definition) is 8. The summed E-state index contributed by atoms with van der Waals surface area (Å²) in [5, 5.41) is 21.7. The van der Waals surface area contributed by atoms with Crippen molar-refractivity contribution in [3.63, 3.8) is 0 Å². The summed E-state index contributed by atoms with van der Waals surface area (Å²) in [4.78, 5) is 34.5. The number of halogens is 1. The van der Waals surface area contributed by atoms with Gasteiger partial charge in [-0.1, -0.05) is 30.9 Å². The van der Waals surface area contributed by atoms with Gasteiger partial charge in [0.15, 0.2) is 0 Å². The van der Waals surface area contributed by atoms with Gasteiger partial charge in [0.1, 0.15) is 11.6 Å². The minimum Gasteiger partial charge on any atom is -0.391 e. The van der Waals surface area contributed by atoms with Crippen LogP contribution in [0.1, 0.15) is 44.6 Å². The van der Waals surface area contributed by atoms with E-state index in [4.69, 9.17) is 0 Å². The fourth-order valence-corrected chi connectivity index (χ4v) is 3.31. The number of likely N-dealkylation sites (N-methyl/N-ethyl adjacent to an activating group) is 1. The molecule has 0 bridgehead atoms. The molecule has 0 spiro atoms. The van der Waals surface area contributed by atoms with Crippen LogP contribution < -0.4 is 21.3 Å². The molecule has 40 heavy (non-hydrogen) atoms. The molecule has 2 aromatic rings. The third kappa shape index (κ3) is 13.7. The molecule has 1 aromatic heterocycles. The van der Waals surface area contributed by atoms with Crippen molar-refractivity contribution in [3.8, 4) is 11.8 Å². The maximum Gasteiger partial charge on any atom is 0.243 e. The van der Waals surface area contributed by atoms with Crippen LogP contribution in [0.25, 0.3) is 0 Å². The second-order valence-electron chi connectivity index (χ2n) is 9.38. The van der Waals surface area contributed by atoms with E-state index in [-0.39, 0.29) is 37.0 Å². The van der Waals surface area contributed by atoms with Crippen LogP contribution in [0.4, 0.5) is 21.8 Å². The Bertz CT molecular complexity index is 1180. The monoisotopic (exact) mass is 553 g/mol. The first-order valence-electron chi connectivity index (χ1n) is 13.4. The summed E-state index contributed by atoms with van der Waals surface area (Å²) in [6.45, 7) is 3.97. The molecule has 1 aromatic carbocycles. The SMILES string of the molecule is CCCNc1nc(Nc2cccc(F)c2)ncc1C#CCCCNC(=O)CC[C@@H](O)CNC(=O)/C=C/CN(C)C. The van der Waals surface area contributed by atoms with E-state index in [0.717, 1.165) is 6.42 Å². The van der Waals surface area contributed by atoms with Crippen LogP contribution in [0.3, 0.4) is 0 Å². The zero-order valence-electron chi connectivity index (χ0n) is 23.5. The van der Waals surface area contributed by atoms with E-state index >= 15 is 0 Å². The van der Waals surface area contributed by atoms with Crippen LogP contribution in [0.2, 0.25) is 0 Å². The van der Waals surface area contributed by atoms with Gasteiger partial charge in [-0.15, -0.1) is 0 Å². The highest BCUT2D eigenvalue weighted by Gasteiger charge is 2.09. The molecule has 1 heterocycles. The van der Waals surface area contributed by atoms with E-state index in [2.05, 4.69) is 43.1 Å². The summed E-state index contributed by atoms with van der Waals surface area (Å²) in [6.07, 6.45) is 6.54. The van der Waals surface area contributed by atoms with E-state index < -0.39 is 6.10 Å². The van der Waals surface area contributed by atoms with Crippen molar-refractivity contribution in [1.82, 2.24) is 25.5 Å². The number of unbranched alkanes of at least 4 members (excludes halogenated alkanes) is 1. The molecule has 0 aliphatic carbocycles. The van der Waals surface area contributed by atoms with Crippen LogP contribution in [-0.2, 0) is 9.59 Å². The van der Waals surface area contributed by atoms with Crippen molar-refractivity contribution >= 4 is 29.3 Å². The largest absolute Gasteiger partial charge is 0.391 e. The number of aromatic nitrogens is 2. The number of benzene rings is 1.